The Morgan fingerprint density at radius 3 is 2.87 bits per heavy atom. The number of thiophene rings is 1. The van der Waals surface area contributed by atoms with Crippen molar-refractivity contribution in [3.05, 3.63) is 40.3 Å². The first kappa shape index (κ1) is 9.86. The quantitative estimate of drug-likeness (QED) is 0.844. The second kappa shape index (κ2) is 3.82. The lowest BCUT2D eigenvalue weighted by Gasteiger charge is -2.03. The molecule has 0 fully saturated rings. The van der Waals surface area contributed by atoms with Crippen LogP contribution in [0, 0.1) is 6.92 Å². The van der Waals surface area contributed by atoms with Crippen LogP contribution >= 0.6 is 11.3 Å². The molecule has 0 radical (unpaired) electrons. The number of carbonyl (C=O) groups is 1. The SMILES string of the molecule is Cc1cnccc1-c1ccsc1C(=O)O. The molecule has 0 aliphatic carbocycles. The zero-order valence-electron chi connectivity index (χ0n) is 8.10. The van der Waals surface area contributed by atoms with Crippen LogP contribution in [0.4, 0.5) is 0 Å². The molecule has 0 aliphatic rings. The normalized spacial score (nSPS) is 10.2. The number of aromatic nitrogens is 1. The molecule has 2 aromatic heterocycles. The predicted molar refractivity (Wildman–Crippen MR) is 59.2 cm³/mol. The molecule has 15 heavy (non-hydrogen) atoms. The molecular weight excluding hydrogens is 210 g/mol. The van der Waals surface area contributed by atoms with Gasteiger partial charge < -0.3 is 5.11 Å². The van der Waals surface area contributed by atoms with Gasteiger partial charge in [-0.15, -0.1) is 11.3 Å². The van der Waals surface area contributed by atoms with Gasteiger partial charge >= 0.3 is 5.97 Å². The number of nitrogens with zero attached hydrogens (tertiary/aromatic N) is 1. The fourth-order valence-corrected chi connectivity index (χ4v) is 2.21. The van der Waals surface area contributed by atoms with E-state index in [1.54, 1.807) is 17.8 Å². The number of rotatable bonds is 2. The minimum absolute atomic E-state index is 0.379. The van der Waals surface area contributed by atoms with Crippen LogP contribution < -0.4 is 0 Å². The molecule has 4 heteroatoms. The van der Waals surface area contributed by atoms with Crippen molar-refractivity contribution in [1.29, 1.82) is 0 Å². The lowest BCUT2D eigenvalue weighted by molar-refractivity contribution is 0.0703. The van der Waals surface area contributed by atoms with E-state index in [1.807, 2.05) is 19.1 Å². The first-order valence-electron chi connectivity index (χ1n) is 4.42. The minimum Gasteiger partial charge on any atom is -0.477 e. The molecule has 2 heterocycles. The molecule has 0 aromatic carbocycles. The largest absolute Gasteiger partial charge is 0.477 e. The summed E-state index contributed by atoms with van der Waals surface area (Å²) in [6, 6.07) is 3.67. The summed E-state index contributed by atoms with van der Waals surface area (Å²) in [5, 5.41) is 10.8. The van der Waals surface area contributed by atoms with Crippen LogP contribution in [0.3, 0.4) is 0 Å². The van der Waals surface area contributed by atoms with E-state index >= 15 is 0 Å². The average molecular weight is 219 g/mol. The van der Waals surface area contributed by atoms with Gasteiger partial charge in [0.2, 0.25) is 0 Å². The van der Waals surface area contributed by atoms with Crippen molar-refractivity contribution in [1.82, 2.24) is 4.98 Å². The van der Waals surface area contributed by atoms with E-state index < -0.39 is 5.97 Å². The van der Waals surface area contributed by atoms with Crippen LogP contribution in [0.1, 0.15) is 15.2 Å². The molecule has 2 aromatic rings. The molecular formula is C11H9NO2S. The lowest BCUT2D eigenvalue weighted by atomic mass is 10.0. The summed E-state index contributed by atoms with van der Waals surface area (Å²) in [4.78, 5) is 15.3. The second-order valence-corrected chi connectivity index (χ2v) is 4.08. The first-order chi connectivity index (χ1) is 7.20. The summed E-state index contributed by atoms with van der Waals surface area (Å²) in [5.74, 6) is -0.879. The van der Waals surface area contributed by atoms with Crippen molar-refractivity contribution in [3.8, 4) is 11.1 Å². The molecule has 0 aliphatic heterocycles. The molecule has 0 spiro atoms. The number of hydrogen-bond donors (Lipinski definition) is 1. The fourth-order valence-electron chi connectivity index (χ4n) is 1.46. The molecule has 0 unspecified atom stereocenters. The van der Waals surface area contributed by atoms with Crippen LogP contribution in [-0.4, -0.2) is 16.1 Å². The van der Waals surface area contributed by atoms with Crippen LogP contribution in [0.2, 0.25) is 0 Å². The van der Waals surface area contributed by atoms with E-state index in [2.05, 4.69) is 4.98 Å². The number of carboxylic acids is 1. The van der Waals surface area contributed by atoms with Crippen molar-refractivity contribution in [2.45, 2.75) is 6.92 Å². The molecule has 3 nitrogen and oxygen atoms in total. The van der Waals surface area contributed by atoms with Crippen molar-refractivity contribution >= 4 is 17.3 Å². The van der Waals surface area contributed by atoms with Crippen molar-refractivity contribution in [2.75, 3.05) is 0 Å². The van der Waals surface area contributed by atoms with Crippen molar-refractivity contribution in [2.24, 2.45) is 0 Å². The number of hydrogen-bond acceptors (Lipinski definition) is 3. The Bertz CT molecular complexity index is 505. The second-order valence-electron chi connectivity index (χ2n) is 3.16. The molecule has 1 N–H and O–H groups in total. The Hall–Kier alpha value is -1.68. The predicted octanol–water partition coefficient (Wildman–Crippen LogP) is 2.82. The third kappa shape index (κ3) is 1.76. The third-order valence-electron chi connectivity index (χ3n) is 2.17. The van der Waals surface area contributed by atoms with Gasteiger partial charge in [-0.3, -0.25) is 4.98 Å². The van der Waals surface area contributed by atoms with Crippen LogP contribution in [0.5, 0.6) is 0 Å². The summed E-state index contributed by atoms with van der Waals surface area (Å²) in [6.07, 6.45) is 3.41. The van der Waals surface area contributed by atoms with E-state index in [4.69, 9.17) is 5.11 Å². The number of aryl methyl sites for hydroxylation is 1. The van der Waals surface area contributed by atoms with Gasteiger partial charge in [0, 0.05) is 18.0 Å². The van der Waals surface area contributed by atoms with E-state index in [-0.39, 0.29) is 0 Å². The molecule has 0 amide bonds. The summed E-state index contributed by atoms with van der Waals surface area (Å²) < 4.78 is 0. The van der Waals surface area contributed by atoms with Crippen molar-refractivity contribution < 1.29 is 9.90 Å². The maximum atomic E-state index is 11.0. The smallest absolute Gasteiger partial charge is 0.346 e. The monoisotopic (exact) mass is 219 g/mol. The standard InChI is InChI=1S/C11H9NO2S/c1-7-6-12-4-2-8(7)9-3-5-15-10(9)11(13)14/h2-6H,1H3,(H,13,14). The molecule has 76 valence electrons. The summed E-state index contributed by atoms with van der Waals surface area (Å²) in [6.45, 7) is 1.92. The molecule has 2 rings (SSSR count). The molecule has 0 atom stereocenters. The van der Waals surface area contributed by atoms with Gasteiger partial charge in [0.25, 0.3) is 0 Å². The van der Waals surface area contributed by atoms with Gasteiger partial charge in [-0.1, -0.05) is 0 Å². The van der Waals surface area contributed by atoms with E-state index in [1.165, 1.54) is 11.3 Å². The highest BCUT2D eigenvalue weighted by Crippen LogP contribution is 2.29. The highest BCUT2D eigenvalue weighted by atomic mass is 32.1. The highest BCUT2D eigenvalue weighted by molar-refractivity contribution is 7.12. The Labute approximate surface area is 91.0 Å². The maximum absolute atomic E-state index is 11.0. The highest BCUT2D eigenvalue weighted by Gasteiger charge is 2.14. The summed E-state index contributed by atoms with van der Waals surface area (Å²) in [5.41, 5.74) is 2.69. The maximum Gasteiger partial charge on any atom is 0.346 e. The number of carboxylic acid groups (broad SMARTS) is 1. The van der Waals surface area contributed by atoms with Crippen LogP contribution in [0.15, 0.2) is 29.9 Å². The zero-order valence-corrected chi connectivity index (χ0v) is 8.91. The minimum atomic E-state index is -0.879. The van der Waals surface area contributed by atoms with Crippen LogP contribution in [0.25, 0.3) is 11.1 Å². The average Bonchev–Trinajstić information content (AvgIpc) is 2.67. The Balaban J connectivity index is 2.59. The summed E-state index contributed by atoms with van der Waals surface area (Å²) in [7, 11) is 0. The van der Waals surface area contributed by atoms with Gasteiger partial charge in [-0.2, -0.15) is 0 Å². The lowest BCUT2D eigenvalue weighted by Crippen LogP contribution is -1.95. The Morgan fingerprint density at radius 2 is 2.20 bits per heavy atom. The van der Waals surface area contributed by atoms with E-state index in [0.29, 0.717) is 4.88 Å². The molecule has 0 bridgehead atoms. The Morgan fingerprint density at radius 1 is 1.40 bits per heavy atom. The third-order valence-corrected chi connectivity index (χ3v) is 3.07. The van der Waals surface area contributed by atoms with Gasteiger partial charge in [0.05, 0.1) is 0 Å². The van der Waals surface area contributed by atoms with Gasteiger partial charge in [0.15, 0.2) is 0 Å². The first-order valence-corrected chi connectivity index (χ1v) is 5.30. The van der Waals surface area contributed by atoms with Gasteiger partial charge in [-0.25, -0.2) is 4.79 Å². The molecule has 0 saturated carbocycles. The molecule has 0 saturated heterocycles. The Kier molecular flexibility index (Phi) is 2.51. The van der Waals surface area contributed by atoms with Crippen LogP contribution in [-0.2, 0) is 0 Å². The van der Waals surface area contributed by atoms with E-state index in [9.17, 15) is 4.79 Å². The van der Waals surface area contributed by atoms with Crippen molar-refractivity contribution in [3.63, 3.8) is 0 Å². The zero-order chi connectivity index (χ0) is 10.8. The van der Waals surface area contributed by atoms with Gasteiger partial charge in [-0.05, 0) is 35.6 Å². The number of pyridine rings is 1. The van der Waals surface area contributed by atoms with Gasteiger partial charge in [0.1, 0.15) is 4.88 Å². The fraction of sp³-hybridized carbons (Fsp3) is 0.0909. The van der Waals surface area contributed by atoms with E-state index in [0.717, 1.165) is 16.7 Å². The topological polar surface area (TPSA) is 50.2 Å². The number of aromatic carboxylic acids is 1. The summed E-state index contributed by atoms with van der Waals surface area (Å²) >= 11 is 1.24.